The normalized spacial score (nSPS) is 22.2. The maximum atomic E-state index is 15.0. The van der Waals surface area contributed by atoms with Gasteiger partial charge in [0.25, 0.3) is 5.56 Å². The summed E-state index contributed by atoms with van der Waals surface area (Å²) in [5.41, 5.74) is 0.244. The zero-order chi connectivity index (χ0) is 27.7. The lowest BCUT2D eigenvalue weighted by atomic mass is 10.1. The van der Waals surface area contributed by atoms with Crippen molar-refractivity contribution >= 4 is 40.7 Å². The molecule has 1 saturated heterocycles. The van der Waals surface area contributed by atoms with E-state index in [1.165, 1.54) is 33.9 Å². The number of benzene rings is 2. The summed E-state index contributed by atoms with van der Waals surface area (Å²) in [7, 11) is 0. The van der Waals surface area contributed by atoms with Crippen LogP contribution in [0.4, 0.5) is 15.8 Å². The van der Waals surface area contributed by atoms with E-state index < -0.39 is 47.4 Å². The van der Waals surface area contributed by atoms with Gasteiger partial charge in [-0.05, 0) is 55.3 Å². The van der Waals surface area contributed by atoms with Crippen molar-refractivity contribution in [3.05, 3.63) is 88.1 Å². The molecule has 0 radical (unpaired) electrons. The third-order valence-corrected chi connectivity index (χ3v) is 7.29. The van der Waals surface area contributed by atoms with Crippen molar-refractivity contribution in [3.8, 4) is 5.69 Å². The molecule has 2 unspecified atom stereocenters. The van der Waals surface area contributed by atoms with E-state index in [0.29, 0.717) is 30.1 Å². The lowest BCUT2D eigenvalue weighted by Gasteiger charge is -2.30. The van der Waals surface area contributed by atoms with Crippen molar-refractivity contribution in [1.29, 1.82) is 0 Å². The highest BCUT2D eigenvalue weighted by Crippen LogP contribution is 2.49. The molecule has 1 saturated carbocycles. The summed E-state index contributed by atoms with van der Waals surface area (Å²) in [6.45, 7) is 0.547. The molecule has 0 spiro atoms. The van der Waals surface area contributed by atoms with Crippen molar-refractivity contribution in [2.24, 2.45) is 17.8 Å². The van der Waals surface area contributed by atoms with Gasteiger partial charge in [-0.2, -0.15) is 0 Å². The Morgan fingerprint density at radius 1 is 0.949 bits per heavy atom. The minimum atomic E-state index is -1.03. The second-order valence-electron chi connectivity index (χ2n) is 9.72. The lowest BCUT2D eigenvalue weighted by molar-refractivity contribution is -0.137. The number of nitrogens with zero attached hydrogens (tertiary/aromatic N) is 2. The van der Waals surface area contributed by atoms with Crippen molar-refractivity contribution in [2.45, 2.75) is 18.9 Å². The van der Waals surface area contributed by atoms with Gasteiger partial charge < -0.3 is 20.6 Å². The highest BCUT2D eigenvalue weighted by Gasteiger charge is 2.63. The Hall–Kier alpha value is -4.02. The number of rotatable bonds is 6. The molecule has 39 heavy (non-hydrogen) atoms. The number of aliphatic hydroxyl groups is 1. The van der Waals surface area contributed by atoms with Gasteiger partial charge in [-0.1, -0.05) is 17.7 Å². The summed E-state index contributed by atoms with van der Waals surface area (Å²) in [5.74, 6) is -5.32. The fourth-order valence-electron chi connectivity index (χ4n) is 5.01. The number of anilines is 2. The van der Waals surface area contributed by atoms with Gasteiger partial charge in [-0.25, -0.2) is 4.39 Å². The van der Waals surface area contributed by atoms with E-state index in [1.54, 1.807) is 36.4 Å². The number of β-amino-alcohol motifs (C(OH)–C–C–N with tert-alkyl or cyclic N) is 1. The van der Waals surface area contributed by atoms with E-state index in [0.717, 1.165) is 6.07 Å². The van der Waals surface area contributed by atoms with Gasteiger partial charge in [0, 0.05) is 42.1 Å². The van der Waals surface area contributed by atoms with E-state index >= 15 is 0 Å². The number of piperidine rings is 1. The highest BCUT2D eigenvalue weighted by molar-refractivity contribution is 6.30. The number of amides is 3. The van der Waals surface area contributed by atoms with E-state index in [2.05, 4.69) is 10.6 Å². The fourth-order valence-corrected chi connectivity index (χ4v) is 5.13. The average molecular weight is 553 g/mol. The Morgan fingerprint density at radius 2 is 1.67 bits per heavy atom. The van der Waals surface area contributed by atoms with Crippen molar-refractivity contribution < 1.29 is 23.9 Å². The van der Waals surface area contributed by atoms with Crippen molar-refractivity contribution in [2.75, 3.05) is 23.7 Å². The van der Waals surface area contributed by atoms with Gasteiger partial charge in [0.2, 0.25) is 17.7 Å². The topological polar surface area (TPSA) is 121 Å². The molecular weight excluding hydrogens is 527 g/mol. The number of aliphatic hydroxyl groups excluding tert-OH is 1. The summed E-state index contributed by atoms with van der Waals surface area (Å²) in [6, 6.07) is 14.9. The first-order chi connectivity index (χ1) is 18.7. The summed E-state index contributed by atoms with van der Waals surface area (Å²) in [4.78, 5) is 53.3. The molecule has 3 aromatic rings. The Bertz CT molecular complexity index is 1480. The molecule has 11 heteroatoms. The van der Waals surface area contributed by atoms with Crippen LogP contribution in [0.1, 0.15) is 12.8 Å². The predicted molar refractivity (Wildman–Crippen MR) is 143 cm³/mol. The van der Waals surface area contributed by atoms with Gasteiger partial charge in [0.15, 0.2) is 0 Å². The summed E-state index contributed by atoms with van der Waals surface area (Å²) in [5, 5.41) is 15.7. The average Bonchev–Trinajstić information content (AvgIpc) is 3.67. The first-order valence-corrected chi connectivity index (χ1v) is 12.9. The molecule has 2 aromatic carbocycles. The number of likely N-dealkylation sites (tertiary alicyclic amines) is 1. The number of halogens is 2. The second kappa shape index (κ2) is 11.0. The van der Waals surface area contributed by atoms with Crippen molar-refractivity contribution in [1.82, 2.24) is 9.47 Å². The minimum Gasteiger partial charge on any atom is -0.391 e. The molecule has 2 heterocycles. The van der Waals surface area contributed by atoms with Crippen LogP contribution in [0.2, 0.25) is 5.02 Å². The number of nitrogens with one attached hydrogen (secondary N) is 2. The minimum absolute atomic E-state index is 0.129. The molecule has 202 valence electrons. The molecule has 3 N–H and O–H groups in total. The Balaban J connectivity index is 1.35. The molecule has 5 rings (SSSR count). The largest absolute Gasteiger partial charge is 0.391 e. The monoisotopic (exact) mass is 552 g/mol. The molecule has 2 fully saturated rings. The molecule has 4 atom stereocenters. The molecule has 0 bridgehead atoms. The van der Waals surface area contributed by atoms with E-state index in [4.69, 9.17) is 11.6 Å². The summed E-state index contributed by atoms with van der Waals surface area (Å²) >= 11 is 5.91. The highest BCUT2D eigenvalue weighted by atomic mass is 35.5. The van der Waals surface area contributed by atoms with Gasteiger partial charge >= 0.3 is 0 Å². The molecule has 1 aliphatic heterocycles. The van der Waals surface area contributed by atoms with E-state index in [-0.39, 0.29) is 23.5 Å². The quantitative estimate of drug-likeness (QED) is 0.434. The van der Waals surface area contributed by atoms with E-state index in [1.807, 2.05) is 0 Å². The molecule has 2 aliphatic rings. The number of hydrogen-bond donors (Lipinski definition) is 3. The predicted octanol–water partition coefficient (Wildman–Crippen LogP) is 3.05. The maximum absolute atomic E-state index is 15.0. The van der Waals surface area contributed by atoms with Gasteiger partial charge in [0.05, 0.1) is 35.2 Å². The third kappa shape index (κ3) is 5.71. The van der Waals surface area contributed by atoms with Crippen LogP contribution in [-0.4, -0.2) is 51.5 Å². The number of hydrogen-bond acceptors (Lipinski definition) is 5. The standard InChI is InChI=1S/C28H26ClFN4O5/c29-16-6-8-17(9-7-16)31-26(37)23-24(25(23)28(39)33-12-3-4-19(35)15-33)27(38)32-21-11-10-18(14-20(21)30)34-13-2-1-5-22(34)36/h1-2,5-11,13-14,19,23-25,35H,3-4,12,15H2,(H,31,37)(H,32,38)/t19?,23-,24+,25?/m1/s1. The van der Waals surface area contributed by atoms with Gasteiger partial charge in [0.1, 0.15) is 5.82 Å². The van der Waals surface area contributed by atoms with Crippen LogP contribution < -0.4 is 16.2 Å². The Labute approximate surface area is 228 Å². The van der Waals surface area contributed by atoms with E-state index in [9.17, 15) is 28.7 Å². The third-order valence-electron chi connectivity index (χ3n) is 7.04. The lowest BCUT2D eigenvalue weighted by Crippen LogP contribution is -2.43. The van der Waals surface area contributed by atoms with Gasteiger partial charge in [-0.15, -0.1) is 0 Å². The van der Waals surface area contributed by atoms with Crippen LogP contribution in [0, 0.1) is 23.6 Å². The van der Waals surface area contributed by atoms with Crippen LogP contribution in [0.15, 0.2) is 71.7 Å². The number of aromatic nitrogens is 1. The number of carbonyl (C=O) groups excluding carboxylic acids is 3. The zero-order valence-corrected chi connectivity index (χ0v) is 21.5. The molecule has 9 nitrogen and oxygen atoms in total. The molecular formula is C28H26ClFN4O5. The number of carbonyl (C=O) groups is 3. The fraction of sp³-hybridized carbons (Fsp3) is 0.286. The Kier molecular flexibility index (Phi) is 7.49. The number of pyridine rings is 1. The van der Waals surface area contributed by atoms with Gasteiger partial charge in [-0.3, -0.25) is 23.7 Å². The first-order valence-electron chi connectivity index (χ1n) is 12.5. The van der Waals surface area contributed by atoms with Crippen LogP contribution in [0.5, 0.6) is 0 Å². The van der Waals surface area contributed by atoms with Crippen LogP contribution in [0.25, 0.3) is 5.69 Å². The SMILES string of the molecule is O=C(Nc1ccc(-n2ccccc2=O)cc1F)[C@@H]1C(C(=O)N2CCCC(O)C2)[C@@H]1C(=O)Nc1ccc(Cl)cc1. The first kappa shape index (κ1) is 26.6. The van der Waals surface area contributed by atoms with Crippen molar-refractivity contribution in [3.63, 3.8) is 0 Å². The van der Waals surface area contributed by atoms with Crippen LogP contribution in [0.3, 0.4) is 0 Å². The van der Waals surface area contributed by atoms with Crippen LogP contribution in [-0.2, 0) is 14.4 Å². The molecule has 3 amide bonds. The Morgan fingerprint density at radius 3 is 2.33 bits per heavy atom. The smallest absolute Gasteiger partial charge is 0.255 e. The van der Waals surface area contributed by atoms with Crippen LogP contribution >= 0.6 is 11.6 Å². The molecule has 1 aromatic heterocycles. The zero-order valence-electron chi connectivity index (χ0n) is 20.7. The molecule has 1 aliphatic carbocycles. The summed E-state index contributed by atoms with van der Waals surface area (Å²) < 4.78 is 16.2. The second-order valence-corrected chi connectivity index (χ2v) is 10.2. The maximum Gasteiger partial charge on any atom is 0.255 e. The summed E-state index contributed by atoms with van der Waals surface area (Å²) in [6.07, 6.45) is 2.01.